The Kier molecular flexibility index (Phi) is 2.94. The average Bonchev–Trinajstić information content (AvgIpc) is 3.26. The van der Waals surface area contributed by atoms with E-state index in [-0.39, 0.29) is 12.1 Å². The van der Waals surface area contributed by atoms with Crippen LogP contribution in [0.4, 0.5) is 0 Å². The van der Waals surface area contributed by atoms with Crippen LogP contribution in [-0.4, -0.2) is 31.8 Å². The molecule has 0 amide bonds. The van der Waals surface area contributed by atoms with E-state index >= 15 is 0 Å². The molecule has 0 unspecified atom stereocenters. The second-order valence-electron chi connectivity index (χ2n) is 6.26. The first kappa shape index (κ1) is 14.2. The number of nitrogens with zero attached hydrogens (tertiary/aromatic N) is 4. The number of benzene rings is 1. The second-order valence-corrected chi connectivity index (χ2v) is 6.26. The normalized spacial score (nSPS) is 14.4. The van der Waals surface area contributed by atoms with Crippen LogP contribution >= 0.6 is 0 Å². The SMILES string of the molecule is COc1ccc2[nH]c3c(=O)n(Cc4nc(C5CC5)no4)cnc3c2c1. The predicted octanol–water partition coefficient (Wildman–Crippen LogP) is 2.20. The van der Waals surface area contributed by atoms with Gasteiger partial charge in [-0.1, -0.05) is 5.16 Å². The summed E-state index contributed by atoms with van der Waals surface area (Å²) in [5.74, 6) is 2.29. The smallest absolute Gasteiger partial charge is 0.278 e. The summed E-state index contributed by atoms with van der Waals surface area (Å²) in [4.78, 5) is 24.7. The largest absolute Gasteiger partial charge is 0.497 e. The fraction of sp³-hybridized carbons (Fsp3) is 0.294. The number of hydrogen-bond donors (Lipinski definition) is 1. The van der Waals surface area contributed by atoms with Gasteiger partial charge in [-0.3, -0.25) is 9.36 Å². The predicted molar refractivity (Wildman–Crippen MR) is 89.8 cm³/mol. The van der Waals surface area contributed by atoms with E-state index in [0.29, 0.717) is 22.8 Å². The zero-order valence-electron chi connectivity index (χ0n) is 13.5. The van der Waals surface area contributed by atoms with E-state index < -0.39 is 0 Å². The molecule has 1 fully saturated rings. The van der Waals surface area contributed by atoms with E-state index in [1.165, 1.54) is 10.9 Å². The van der Waals surface area contributed by atoms with Crippen molar-refractivity contribution in [3.05, 3.63) is 46.6 Å². The molecule has 3 aromatic heterocycles. The molecule has 8 nitrogen and oxygen atoms in total. The van der Waals surface area contributed by atoms with Crippen molar-refractivity contribution in [2.75, 3.05) is 7.11 Å². The summed E-state index contributed by atoms with van der Waals surface area (Å²) < 4.78 is 12.0. The molecule has 1 saturated carbocycles. The zero-order valence-corrected chi connectivity index (χ0v) is 13.5. The highest BCUT2D eigenvalue weighted by Gasteiger charge is 2.28. The van der Waals surface area contributed by atoms with Gasteiger partial charge in [0.2, 0.25) is 5.89 Å². The average molecular weight is 337 g/mol. The fourth-order valence-electron chi connectivity index (χ4n) is 2.99. The first-order valence-electron chi connectivity index (χ1n) is 8.10. The minimum atomic E-state index is -0.175. The van der Waals surface area contributed by atoms with Crippen LogP contribution in [0.2, 0.25) is 0 Å². The molecular weight excluding hydrogens is 322 g/mol. The lowest BCUT2D eigenvalue weighted by Gasteiger charge is -2.01. The maximum Gasteiger partial charge on any atom is 0.278 e. The van der Waals surface area contributed by atoms with Crippen LogP contribution in [0.25, 0.3) is 21.9 Å². The number of rotatable bonds is 4. The third kappa shape index (κ3) is 2.29. The maximum atomic E-state index is 12.8. The Balaban J connectivity index is 1.58. The monoisotopic (exact) mass is 337 g/mol. The molecule has 1 aliphatic carbocycles. The molecular formula is C17H15N5O3. The first-order valence-corrected chi connectivity index (χ1v) is 8.10. The van der Waals surface area contributed by atoms with Gasteiger partial charge in [0.1, 0.15) is 23.3 Å². The van der Waals surface area contributed by atoms with Crippen molar-refractivity contribution >= 4 is 21.9 Å². The van der Waals surface area contributed by atoms with Crippen LogP contribution in [0.5, 0.6) is 5.75 Å². The van der Waals surface area contributed by atoms with Gasteiger partial charge in [-0.15, -0.1) is 0 Å². The molecule has 0 saturated heterocycles. The van der Waals surface area contributed by atoms with Crippen LogP contribution in [-0.2, 0) is 6.54 Å². The molecule has 0 atom stereocenters. The van der Waals surface area contributed by atoms with Crippen molar-refractivity contribution in [1.29, 1.82) is 0 Å². The Morgan fingerprint density at radius 3 is 3.08 bits per heavy atom. The first-order chi connectivity index (χ1) is 12.2. The summed E-state index contributed by atoms with van der Waals surface area (Å²) in [6.45, 7) is 0.209. The lowest BCUT2D eigenvalue weighted by atomic mass is 10.2. The molecule has 5 rings (SSSR count). The number of H-pyrrole nitrogens is 1. The third-order valence-corrected chi connectivity index (χ3v) is 4.51. The van der Waals surface area contributed by atoms with Crippen LogP contribution in [0, 0.1) is 0 Å². The summed E-state index contributed by atoms with van der Waals surface area (Å²) in [7, 11) is 1.61. The van der Waals surface area contributed by atoms with Gasteiger partial charge in [-0.05, 0) is 31.0 Å². The molecule has 3 heterocycles. The Labute approximate surface area is 141 Å². The molecule has 8 heteroatoms. The standard InChI is InChI=1S/C17H15N5O3/c1-24-10-4-5-12-11(6-10)14-15(19-12)17(23)22(8-18-14)7-13-20-16(21-25-13)9-2-3-9/h4-6,8-9,19H,2-3,7H2,1H3. The van der Waals surface area contributed by atoms with Crippen molar-refractivity contribution in [2.24, 2.45) is 0 Å². The maximum absolute atomic E-state index is 12.8. The van der Waals surface area contributed by atoms with E-state index in [2.05, 4.69) is 20.1 Å². The van der Waals surface area contributed by atoms with E-state index in [9.17, 15) is 4.79 Å². The molecule has 0 radical (unpaired) electrons. The quantitative estimate of drug-likeness (QED) is 0.613. The van der Waals surface area contributed by atoms with Gasteiger partial charge in [0.05, 0.1) is 13.4 Å². The van der Waals surface area contributed by atoms with Crippen LogP contribution in [0.1, 0.15) is 30.5 Å². The van der Waals surface area contributed by atoms with Crippen molar-refractivity contribution in [2.45, 2.75) is 25.3 Å². The fourth-order valence-corrected chi connectivity index (χ4v) is 2.99. The number of fused-ring (bicyclic) bond motifs is 3. The Morgan fingerprint density at radius 1 is 1.40 bits per heavy atom. The van der Waals surface area contributed by atoms with E-state index in [4.69, 9.17) is 9.26 Å². The van der Waals surface area contributed by atoms with Gasteiger partial charge in [0.15, 0.2) is 5.82 Å². The summed E-state index contributed by atoms with van der Waals surface area (Å²) in [5, 5.41) is 4.83. The summed E-state index contributed by atoms with van der Waals surface area (Å²) in [5.41, 5.74) is 1.74. The molecule has 0 bridgehead atoms. The minimum Gasteiger partial charge on any atom is -0.497 e. The summed E-state index contributed by atoms with van der Waals surface area (Å²) in [6, 6.07) is 5.58. The third-order valence-electron chi connectivity index (χ3n) is 4.51. The van der Waals surface area contributed by atoms with Gasteiger partial charge in [-0.25, -0.2) is 4.98 Å². The zero-order chi connectivity index (χ0) is 17.0. The van der Waals surface area contributed by atoms with Gasteiger partial charge in [0.25, 0.3) is 5.56 Å². The molecule has 0 spiro atoms. The van der Waals surface area contributed by atoms with Gasteiger partial charge in [0, 0.05) is 16.8 Å². The Hall–Kier alpha value is -3.16. The highest BCUT2D eigenvalue weighted by atomic mass is 16.5. The van der Waals surface area contributed by atoms with Crippen LogP contribution in [0.3, 0.4) is 0 Å². The van der Waals surface area contributed by atoms with Gasteiger partial charge >= 0.3 is 0 Å². The number of aromatic nitrogens is 5. The van der Waals surface area contributed by atoms with Crippen molar-refractivity contribution in [3.8, 4) is 5.75 Å². The van der Waals surface area contributed by atoms with E-state index in [1.54, 1.807) is 7.11 Å². The van der Waals surface area contributed by atoms with E-state index in [0.717, 1.165) is 35.3 Å². The molecule has 1 aliphatic rings. The summed E-state index contributed by atoms with van der Waals surface area (Å²) >= 11 is 0. The topological polar surface area (TPSA) is 98.8 Å². The van der Waals surface area contributed by atoms with Crippen LogP contribution < -0.4 is 10.3 Å². The molecule has 126 valence electrons. The summed E-state index contributed by atoms with van der Waals surface area (Å²) in [6.07, 6.45) is 3.72. The number of methoxy groups -OCH3 is 1. The molecule has 25 heavy (non-hydrogen) atoms. The number of aromatic amines is 1. The number of hydrogen-bond acceptors (Lipinski definition) is 6. The minimum absolute atomic E-state index is 0.175. The van der Waals surface area contributed by atoms with Gasteiger partial charge < -0.3 is 14.2 Å². The highest BCUT2D eigenvalue weighted by molar-refractivity contribution is 6.04. The number of nitrogens with one attached hydrogen (secondary N) is 1. The molecule has 0 aliphatic heterocycles. The Bertz CT molecular complexity index is 1150. The highest BCUT2D eigenvalue weighted by Crippen LogP contribution is 2.38. The van der Waals surface area contributed by atoms with Crippen LogP contribution in [0.15, 0.2) is 33.8 Å². The lowest BCUT2D eigenvalue weighted by Crippen LogP contribution is -2.21. The molecule has 4 aromatic rings. The van der Waals surface area contributed by atoms with Crippen molar-refractivity contribution in [3.63, 3.8) is 0 Å². The lowest BCUT2D eigenvalue weighted by molar-refractivity contribution is 0.364. The van der Waals surface area contributed by atoms with E-state index in [1.807, 2.05) is 18.2 Å². The molecule has 1 aromatic carbocycles. The molecule has 1 N–H and O–H groups in total. The van der Waals surface area contributed by atoms with Crippen molar-refractivity contribution in [1.82, 2.24) is 24.7 Å². The van der Waals surface area contributed by atoms with Crippen molar-refractivity contribution < 1.29 is 9.26 Å². The second kappa shape index (κ2) is 5.17. The van der Waals surface area contributed by atoms with Gasteiger partial charge in [-0.2, -0.15) is 4.98 Å². The number of ether oxygens (including phenoxy) is 1. The Morgan fingerprint density at radius 2 is 2.28 bits per heavy atom.